The summed E-state index contributed by atoms with van der Waals surface area (Å²) < 4.78 is 5.16. The van der Waals surface area contributed by atoms with Gasteiger partial charge in [-0.1, -0.05) is 6.92 Å². The maximum Gasteiger partial charge on any atom is 0.313 e. The third-order valence-electron chi connectivity index (χ3n) is 3.41. The van der Waals surface area contributed by atoms with Crippen molar-refractivity contribution < 1.29 is 19.4 Å². The molecule has 98 valence electrons. The summed E-state index contributed by atoms with van der Waals surface area (Å²) in [7, 11) is 0. The Bertz CT molecular complexity index is 304. The first-order chi connectivity index (χ1) is 7.95. The van der Waals surface area contributed by atoms with E-state index in [9.17, 15) is 9.59 Å². The standard InChI is InChI=1S/C11H20N2O4/c1-3-7(4-12)9(14)13-8-5-17-6-11(8,2)10(15)16/h7-8H,3-6,12H2,1-2H3,(H,13,14)(H,15,16). The van der Waals surface area contributed by atoms with Crippen molar-refractivity contribution in [1.29, 1.82) is 0 Å². The SMILES string of the molecule is CCC(CN)C(=O)NC1COCC1(C)C(=O)O. The Morgan fingerprint density at radius 1 is 1.65 bits per heavy atom. The number of nitrogens with two attached hydrogens (primary N) is 1. The molecule has 1 fully saturated rings. The average molecular weight is 244 g/mol. The summed E-state index contributed by atoms with van der Waals surface area (Å²) in [6.07, 6.45) is 0.639. The fraction of sp³-hybridized carbons (Fsp3) is 0.818. The van der Waals surface area contributed by atoms with Crippen LogP contribution in [-0.4, -0.2) is 42.8 Å². The van der Waals surface area contributed by atoms with E-state index < -0.39 is 17.4 Å². The molecule has 1 aliphatic rings. The number of hydrogen-bond acceptors (Lipinski definition) is 4. The summed E-state index contributed by atoms with van der Waals surface area (Å²) in [6, 6.07) is -0.493. The molecule has 0 saturated carbocycles. The Labute approximate surface area is 101 Å². The molecule has 6 nitrogen and oxygen atoms in total. The van der Waals surface area contributed by atoms with Crippen LogP contribution in [0.1, 0.15) is 20.3 Å². The number of ether oxygens (including phenoxy) is 1. The zero-order chi connectivity index (χ0) is 13.1. The van der Waals surface area contributed by atoms with Gasteiger partial charge in [-0.3, -0.25) is 9.59 Å². The first kappa shape index (κ1) is 13.9. The van der Waals surface area contributed by atoms with E-state index in [1.54, 1.807) is 6.92 Å². The van der Waals surface area contributed by atoms with Crippen molar-refractivity contribution in [3.8, 4) is 0 Å². The molecule has 0 aliphatic carbocycles. The van der Waals surface area contributed by atoms with Crippen LogP contribution in [0.4, 0.5) is 0 Å². The van der Waals surface area contributed by atoms with Gasteiger partial charge >= 0.3 is 5.97 Å². The molecular weight excluding hydrogens is 224 g/mol. The van der Waals surface area contributed by atoms with Crippen molar-refractivity contribution >= 4 is 11.9 Å². The third kappa shape index (κ3) is 2.76. The lowest BCUT2D eigenvalue weighted by molar-refractivity contribution is -0.149. The molecule has 0 aromatic carbocycles. The molecule has 17 heavy (non-hydrogen) atoms. The van der Waals surface area contributed by atoms with E-state index in [0.717, 1.165) is 0 Å². The second kappa shape index (κ2) is 5.46. The van der Waals surface area contributed by atoms with Crippen LogP contribution in [0.25, 0.3) is 0 Å². The van der Waals surface area contributed by atoms with E-state index in [4.69, 9.17) is 15.6 Å². The topological polar surface area (TPSA) is 102 Å². The van der Waals surface area contributed by atoms with Gasteiger partial charge in [0, 0.05) is 12.5 Å². The Hall–Kier alpha value is -1.14. The monoisotopic (exact) mass is 244 g/mol. The number of carbonyl (C=O) groups excluding carboxylic acids is 1. The number of hydrogen-bond donors (Lipinski definition) is 3. The van der Waals surface area contributed by atoms with E-state index in [0.29, 0.717) is 6.42 Å². The number of amides is 1. The molecule has 0 radical (unpaired) electrons. The van der Waals surface area contributed by atoms with Crippen LogP contribution in [0.3, 0.4) is 0 Å². The second-order valence-corrected chi connectivity index (χ2v) is 4.64. The second-order valence-electron chi connectivity index (χ2n) is 4.64. The molecule has 0 aromatic rings. The van der Waals surface area contributed by atoms with Gasteiger partial charge in [-0.2, -0.15) is 0 Å². The summed E-state index contributed by atoms with van der Waals surface area (Å²) in [6.45, 7) is 4.07. The van der Waals surface area contributed by atoms with E-state index in [-0.39, 0.29) is 31.6 Å². The highest BCUT2D eigenvalue weighted by molar-refractivity contribution is 5.81. The van der Waals surface area contributed by atoms with Crippen molar-refractivity contribution in [2.45, 2.75) is 26.3 Å². The number of carboxylic acids is 1. The molecule has 1 aliphatic heterocycles. The fourth-order valence-electron chi connectivity index (χ4n) is 1.83. The molecule has 0 bridgehead atoms. The molecule has 0 spiro atoms. The maximum absolute atomic E-state index is 11.8. The largest absolute Gasteiger partial charge is 0.481 e. The highest BCUT2D eigenvalue weighted by Crippen LogP contribution is 2.28. The summed E-state index contributed by atoms with van der Waals surface area (Å²) in [5.74, 6) is -1.42. The molecule has 1 rings (SSSR count). The normalized spacial score (nSPS) is 29.9. The number of aliphatic carboxylic acids is 1. The Morgan fingerprint density at radius 3 is 2.76 bits per heavy atom. The lowest BCUT2D eigenvalue weighted by Crippen LogP contribution is -2.51. The lowest BCUT2D eigenvalue weighted by atomic mass is 9.85. The average Bonchev–Trinajstić information content (AvgIpc) is 2.63. The van der Waals surface area contributed by atoms with E-state index in [2.05, 4.69) is 5.32 Å². The van der Waals surface area contributed by atoms with Crippen LogP contribution in [0.15, 0.2) is 0 Å². The predicted molar refractivity (Wildman–Crippen MR) is 61.3 cm³/mol. The van der Waals surface area contributed by atoms with E-state index >= 15 is 0 Å². The van der Waals surface area contributed by atoms with Gasteiger partial charge in [-0.05, 0) is 13.3 Å². The summed E-state index contributed by atoms with van der Waals surface area (Å²) in [5.41, 5.74) is 4.42. The van der Waals surface area contributed by atoms with Crippen molar-refractivity contribution in [2.75, 3.05) is 19.8 Å². The van der Waals surface area contributed by atoms with Crippen LogP contribution < -0.4 is 11.1 Å². The predicted octanol–water partition coefficient (Wildman–Crippen LogP) is -0.423. The molecule has 1 saturated heterocycles. The zero-order valence-corrected chi connectivity index (χ0v) is 10.2. The Morgan fingerprint density at radius 2 is 2.29 bits per heavy atom. The van der Waals surface area contributed by atoms with Gasteiger partial charge in [-0.25, -0.2) is 0 Å². The van der Waals surface area contributed by atoms with Crippen LogP contribution in [0.2, 0.25) is 0 Å². The minimum Gasteiger partial charge on any atom is -0.481 e. The Kier molecular flexibility index (Phi) is 4.47. The molecule has 3 unspecified atom stereocenters. The highest BCUT2D eigenvalue weighted by atomic mass is 16.5. The van der Waals surface area contributed by atoms with Crippen molar-refractivity contribution in [3.05, 3.63) is 0 Å². The third-order valence-corrected chi connectivity index (χ3v) is 3.41. The molecule has 3 atom stereocenters. The number of carbonyl (C=O) groups is 2. The number of rotatable bonds is 5. The molecule has 4 N–H and O–H groups in total. The van der Waals surface area contributed by atoms with Crippen molar-refractivity contribution in [3.63, 3.8) is 0 Å². The van der Waals surface area contributed by atoms with E-state index in [1.807, 2.05) is 6.92 Å². The van der Waals surface area contributed by atoms with Gasteiger partial charge in [0.05, 0.1) is 19.3 Å². The van der Waals surface area contributed by atoms with Gasteiger partial charge in [0.15, 0.2) is 0 Å². The summed E-state index contributed by atoms with van der Waals surface area (Å²) >= 11 is 0. The first-order valence-electron chi connectivity index (χ1n) is 5.77. The van der Waals surface area contributed by atoms with Gasteiger partial charge in [-0.15, -0.1) is 0 Å². The van der Waals surface area contributed by atoms with Crippen LogP contribution >= 0.6 is 0 Å². The molecule has 6 heteroatoms. The lowest BCUT2D eigenvalue weighted by Gasteiger charge is -2.26. The molecule has 1 heterocycles. The maximum atomic E-state index is 11.8. The first-order valence-corrected chi connectivity index (χ1v) is 5.77. The van der Waals surface area contributed by atoms with Crippen molar-refractivity contribution in [1.82, 2.24) is 5.32 Å². The summed E-state index contributed by atoms with van der Waals surface area (Å²) in [4.78, 5) is 23.0. The molecular formula is C11H20N2O4. The highest BCUT2D eigenvalue weighted by Gasteiger charge is 2.47. The zero-order valence-electron chi connectivity index (χ0n) is 10.2. The van der Waals surface area contributed by atoms with Gasteiger partial charge in [0.2, 0.25) is 5.91 Å². The minimum absolute atomic E-state index is 0.118. The fourth-order valence-corrected chi connectivity index (χ4v) is 1.83. The summed E-state index contributed by atoms with van der Waals surface area (Å²) in [5, 5.41) is 11.9. The van der Waals surface area contributed by atoms with Crippen molar-refractivity contribution in [2.24, 2.45) is 17.1 Å². The Balaban J connectivity index is 2.68. The number of carboxylic acid groups (broad SMARTS) is 1. The van der Waals surface area contributed by atoms with Crippen LogP contribution in [-0.2, 0) is 14.3 Å². The van der Waals surface area contributed by atoms with E-state index in [1.165, 1.54) is 0 Å². The van der Waals surface area contributed by atoms with Gasteiger partial charge < -0.3 is 20.9 Å². The molecule has 1 amide bonds. The molecule has 0 aromatic heterocycles. The quantitative estimate of drug-likeness (QED) is 0.609. The van der Waals surface area contributed by atoms with Gasteiger partial charge in [0.25, 0.3) is 0 Å². The van der Waals surface area contributed by atoms with Crippen LogP contribution in [0, 0.1) is 11.3 Å². The number of nitrogens with one attached hydrogen (secondary N) is 1. The van der Waals surface area contributed by atoms with Crippen LogP contribution in [0.5, 0.6) is 0 Å². The smallest absolute Gasteiger partial charge is 0.313 e. The van der Waals surface area contributed by atoms with Gasteiger partial charge in [0.1, 0.15) is 5.41 Å². The minimum atomic E-state index is -1.05.